The van der Waals surface area contributed by atoms with Crippen molar-refractivity contribution in [2.24, 2.45) is 10.9 Å². The van der Waals surface area contributed by atoms with Gasteiger partial charge in [0.1, 0.15) is 5.92 Å². The molecule has 40 heavy (non-hydrogen) atoms. The van der Waals surface area contributed by atoms with Gasteiger partial charge in [-0.15, -0.1) is 0 Å². The molecule has 2 saturated heterocycles. The standard InChI is InChI=1S/C30H34N4O5S/c1-38-30(37)21-2-4-23-24(17-21)32-29(36)27(23)28(19-7-14-40-15-8-19)31-22-3-5-25-20(16-22)6-9-34(25)26(35)18-33-10-12-39-13-11-33/h2-5,16-17,19,27H,6-15,18H2,1H3,(H,32,36). The zero-order chi connectivity index (χ0) is 27.6. The van der Waals surface area contributed by atoms with E-state index in [1.54, 1.807) is 12.1 Å². The van der Waals surface area contributed by atoms with Crippen LogP contribution in [-0.2, 0) is 25.5 Å². The van der Waals surface area contributed by atoms with Gasteiger partial charge in [0.15, 0.2) is 0 Å². The molecule has 0 bridgehead atoms. The number of ether oxygens (including phenoxy) is 2. The minimum Gasteiger partial charge on any atom is -0.465 e. The van der Waals surface area contributed by atoms with Crippen LogP contribution in [0.25, 0.3) is 0 Å². The quantitative estimate of drug-likeness (QED) is 0.424. The Bertz CT molecular complexity index is 1350. The number of benzene rings is 2. The van der Waals surface area contributed by atoms with E-state index in [4.69, 9.17) is 14.5 Å². The van der Waals surface area contributed by atoms with Crippen molar-refractivity contribution in [1.29, 1.82) is 0 Å². The molecule has 0 radical (unpaired) electrons. The van der Waals surface area contributed by atoms with Crippen molar-refractivity contribution in [3.63, 3.8) is 0 Å². The number of amides is 2. The molecular formula is C30H34N4O5S. The molecule has 9 nitrogen and oxygen atoms in total. The van der Waals surface area contributed by atoms with Gasteiger partial charge in [-0.2, -0.15) is 11.8 Å². The number of thioether (sulfide) groups is 1. The van der Waals surface area contributed by atoms with Crippen LogP contribution in [0.4, 0.5) is 17.1 Å². The second kappa shape index (κ2) is 11.7. The number of aliphatic imine (C=N–C) groups is 1. The number of rotatable bonds is 6. The fraction of sp³-hybridized carbons (Fsp3) is 0.467. The van der Waals surface area contributed by atoms with Crippen molar-refractivity contribution < 1.29 is 23.9 Å². The first kappa shape index (κ1) is 27.0. The van der Waals surface area contributed by atoms with Crippen LogP contribution in [-0.4, -0.2) is 86.4 Å². The molecule has 6 rings (SSSR count). The highest BCUT2D eigenvalue weighted by molar-refractivity contribution is 7.99. The molecule has 1 unspecified atom stereocenters. The molecule has 1 atom stereocenters. The third-order valence-corrected chi connectivity index (χ3v) is 9.27. The van der Waals surface area contributed by atoms with Gasteiger partial charge in [0.25, 0.3) is 0 Å². The highest BCUT2D eigenvalue weighted by Gasteiger charge is 2.39. The van der Waals surface area contributed by atoms with Crippen molar-refractivity contribution >= 4 is 52.3 Å². The van der Waals surface area contributed by atoms with Crippen LogP contribution in [0.2, 0.25) is 0 Å². The van der Waals surface area contributed by atoms with Crippen LogP contribution in [0, 0.1) is 5.92 Å². The Hall–Kier alpha value is -3.21. The number of hydrogen-bond acceptors (Lipinski definition) is 8. The highest BCUT2D eigenvalue weighted by atomic mass is 32.2. The molecule has 1 N–H and O–H groups in total. The molecule has 0 aliphatic carbocycles. The van der Waals surface area contributed by atoms with E-state index in [0.29, 0.717) is 37.6 Å². The minimum atomic E-state index is -0.505. The first-order valence-corrected chi connectivity index (χ1v) is 15.1. The maximum Gasteiger partial charge on any atom is 0.337 e. The van der Waals surface area contributed by atoms with Crippen molar-refractivity contribution in [1.82, 2.24) is 4.90 Å². The number of anilines is 2. The molecule has 0 saturated carbocycles. The van der Waals surface area contributed by atoms with Crippen LogP contribution in [0.15, 0.2) is 41.4 Å². The van der Waals surface area contributed by atoms with E-state index >= 15 is 0 Å². The van der Waals surface area contributed by atoms with Crippen LogP contribution in [0.5, 0.6) is 0 Å². The van der Waals surface area contributed by atoms with Crippen molar-refractivity contribution in [2.75, 3.05) is 68.2 Å². The lowest BCUT2D eigenvalue weighted by molar-refractivity contribution is -0.120. The Labute approximate surface area is 238 Å². The Kier molecular flexibility index (Phi) is 7.91. The third kappa shape index (κ3) is 5.40. The molecule has 2 aromatic carbocycles. The predicted octanol–water partition coefficient (Wildman–Crippen LogP) is 3.65. The smallest absolute Gasteiger partial charge is 0.337 e. The van der Waals surface area contributed by atoms with Crippen LogP contribution >= 0.6 is 11.8 Å². The first-order valence-electron chi connectivity index (χ1n) is 13.9. The average molecular weight is 563 g/mol. The molecule has 210 valence electrons. The van der Waals surface area contributed by atoms with Crippen LogP contribution in [0.1, 0.15) is 40.2 Å². The topological polar surface area (TPSA) is 101 Å². The van der Waals surface area contributed by atoms with Gasteiger partial charge in [0.05, 0.1) is 38.1 Å². The number of esters is 1. The molecule has 10 heteroatoms. The number of hydrogen-bond donors (Lipinski definition) is 1. The first-order chi connectivity index (χ1) is 19.5. The van der Waals surface area contributed by atoms with Crippen molar-refractivity contribution in [2.45, 2.75) is 25.2 Å². The molecule has 2 aromatic rings. The number of nitrogens with one attached hydrogen (secondary N) is 1. The van der Waals surface area contributed by atoms with E-state index < -0.39 is 11.9 Å². The largest absolute Gasteiger partial charge is 0.465 e. The molecule has 4 heterocycles. The minimum absolute atomic E-state index is 0.114. The molecule has 4 aliphatic heterocycles. The summed E-state index contributed by atoms with van der Waals surface area (Å²) >= 11 is 1.94. The molecule has 0 spiro atoms. The number of fused-ring (bicyclic) bond motifs is 2. The van der Waals surface area contributed by atoms with Crippen molar-refractivity contribution in [3.8, 4) is 0 Å². The van der Waals surface area contributed by atoms with Crippen molar-refractivity contribution in [3.05, 3.63) is 53.1 Å². The van der Waals surface area contributed by atoms with Gasteiger partial charge < -0.3 is 19.7 Å². The number of morpholine rings is 1. The van der Waals surface area contributed by atoms with Gasteiger partial charge in [0.2, 0.25) is 11.8 Å². The van der Waals surface area contributed by atoms with E-state index in [1.165, 1.54) is 7.11 Å². The van der Waals surface area contributed by atoms with E-state index in [1.807, 2.05) is 34.9 Å². The molecule has 0 aromatic heterocycles. The summed E-state index contributed by atoms with van der Waals surface area (Å²) in [5.74, 6) is 1.33. The van der Waals surface area contributed by atoms with E-state index in [-0.39, 0.29) is 17.7 Å². The van der Waals surface area contributed by atoms with E-state index in [2.05, 4.69) is 16.3 Å². The average Bonchev–Trinajstić information content (AvgIpc) is 3.56. The van der Waals surface area contributed by atoms with Crippen LogP contribution in [0.3, 0.4) is 0 Å². The summed E-state index contributed by atoms with van der Waals surface area (Å²) in [6.07, 6.45) is 2.72. The summed E-state index contributed by atoms with van der Waals surface area (Å²) in [6, 6.07) is 11.3. The van der Waals surface area contributed by atoms with Gasteiger partial charge in [-0.05, 0) is 72.2 Å². The maximum absolute atomic E-state index is 13.4. The monoisotopic (exact) mass is 562 g/mol. The zero-order valence-corrected chi connectivity index (χ0v) is 23.5. The van der Waals surface area contributed by atoms with Gasteiger partial charge in [-0.3, -0.25) is 19.5 Å². The number of carbonyl (C=O) groups is 3. The summed E-state index contributed by atoms with van der Waals surface area (Å²) in [7, 11) is 1.35. The normalized spacial score (nSPS) is 21.6. The fourth-order valence-electron chi connectivity index (χ4n) is 6.09. The predicted molar refractivity (Wildman–Crippen MR) is 156 cm³/mol. The summed E-state index contributed by atoms with van der Waals surface area (Å²) in [4.78, 5) is 47.7. The SMILES string of the molecule is COC(=O)c1ccc2c(c1)NC(=O)C2C(=Nc1ccc2c(c1)CCN2C(=O)CN1CCOCC1)C1CCSCC1. The lowest BCUT2D eigenvalue weighted by Crippen LogP contribution is -2.44. The van der Waals surface area contributed by atoms with E-state index in [0.717, 1.165) is 72.1 Å². The number of carbonyl (C=O) groups excluding carboxylic acids is 3. The maximum atomic E-state index is 13.4. The van der Waals surface area contributed by atoms with Gasteiger partial charge >= 0.3 is 5.97 Å². The van der Waals surface area contributed by atoms with Gasteiger partial charge in [-0.25, -0.2) is 4.79 Å². The number of methoxy groups -OCH3 is 1. The Morgan fingerprint density at radius 2 is 1.90 bits per heavy atom. The fourth-order valence-corrected chi connectivity index (χ4v) is 7.19. The van der Waals surface area contributed by atoms with E-state index in [9.17, 15) is 14.4 Å². The molecule has 4 aliphatic rings. The number of nitrogens with zero attached hydrogens (tertiary/aromatic N) is 3. The molecule has 2 amide bonds. The zero-order valence-electron chi connectivity index (χ0n) is 22.7. The Morgan fingerprint density at radius 3 is 2.67 bits per heavy atom. The Balaban J connectivity index is 1.29. The summed E-state index contributed by atoms with van der Waals surface area (Å²) in [5.41, 5.74) is 5.62. The molecular weight excluding hydrogens is 528 g/mol. The summed E-state index contributed by atoms with van der Waals surface area (Å²) in [5, 5.41) is 2.98. The van der Waals surface area contributed by atoms with Crippen LogP contribution < -0.4 is 10.2 Å². The van der Waals surface area contributed by atoms with Gasteiger partial charge in [-0.1, -0.05) is 6.07 Å². The summed E-state index contributed by atoms with van der Waals surface area (Å²) in [6.45, 7) is 3.97. The third-order valence-electron chi connectivity index (χ3n) is 8.22. The lowest BCUT2D eigenvalue weighted by atomic mass is 9.84. The summed E-state index contributed by atoms with van der Waals surface area (Å²) < 4.78 is 10.3. The second-order valence-corrected chi connectivity index (χ2v) is 11.9. The molecule has 2 fully saturated rings. The lowest BCUT2D eigenvalue weighted by Gasteiger charge is -2.28. The Morgan fingerprint density at radius 1 is 1.10 bits per heavy atom. The highest BCUT2D eigenvalue weighted by Crippen LogP contribution is 2.40. The van der Waals surface area contributed by atoms with Gasteiger partial charge in [0, 0.05) is 42.6 Å². The second-order valence-electron chi connectivity index (χ2n) is 10.6.